The minimum atomic E-state index is -5.62. The summed E-state index contributed by atoms with van der Waals surface area (Å²) in [6, 6.07) is 0. The third kappa shape index (κ3) is 2.96. The molecule has 3 fully saturated rings. The van der Waals surface area contributed by atoms with Gasteiger partial charge in [0.25, 0.3) is 11.4 Å². The van der Waals surface area contributed by atoms with Crippen molar-refractivity contribution in [2.24, 2.45) is 10.8 Å². The molecule has 0 radical (unpaired) electrons. The number of piperazine rings is 1. The van der Waals surface area contributed by atoms with Gasteiger partial charge >= 0.3 is 12.4 Å². The molecule has 0 bridgehead atoms. The zero-order chi connectivity index (χ0) is 26.6. The first-order valence-electron chi connectivity index (χ1n) is 11.2. The summed E-state index contributed by atoms with van der Waals surface area (Å²) in [7, 11) is 0. The molecule has 3 rings (SSSR count). The van der Waals surface area contributed by atoms with E-state index in [0.717, 1.165) is 0 Å². The van der Waals surface area contributed by atoms with Crippen LogP contribution in [0.4, 0.5) is 26.3 Å². The van der Waals surface area contributed by atoms with Crippen LogP contribution in [0.1, 0.15) is 80.1 Å². The number of alkyl halides is 6. The number of halogens is 6. The monoisotopic (exact) mass is 502 g/mol. The van der Waals surface area contributed by atoms with Crippen molar-refractivity contribution >= 4 is 11.8 Å². The predicted octanol–water partition coefficient (Wildman–Crippen LogP) is 4.10. The van der Waals surface area contributed by atoms with Crippen molar-refractivity contribution in [1.82, 2.24) is 9.80 Å². The van der Waals surface area contributed by atoms with Crippen LogP contribution < -0.4 is 0 Å². The van der Waals surface area contributed by atoms with Crippen LogP contribution in [0.15, 0.2) is 0 Å². The van der Waals surface area contributed by atoms with Crippen molar-refractivity contribution in [3.05, 3.63) is 0 Å². The van der Waals surface area contributed by atoms with Gasteiger partial charge in [0.2, 0.25) is 11.8 Å². The fourth-order valence-electron chi connectivity index (χ4n) is 5.65. The maximum absolute atomic E-state index is 14.9. The van der Waals surface area contributed by atoms with E-state index in [-0.39, 0.29) is 22.6 Å². The number of hydrogen-bond acceptors (Lipinski definition) is 4. The van der Waals surface area contributed by atoms with Gasteiger partial charge in [-0.25, -0.2) is 0 Å². The Labute approximate surface area is 194 Å². The van der Waals surface area contributed by atoms with Crippen molar-refractivity contribution < 1.29 is 46.1 Å². The number of amides is 2. The van der Waals surface area contributed by atoms with E-state index in [4.69, 9.17) is 0 Å². The minimum Gasteiger partial charge on any atom is -0.362 e. The molecular weight excluding hydrogens is 470 g/mol. The third-order valence-corrected chi connectivity index (χ3v) is 7.64. The molecule has 34 heavy (non-hydrogen) atoms. The Bertz CT molecular complexity index is 808. The average Bonchev–Trinajstić information content (AvgIpc) is 2.54. The van der Waals surface area contributed by atoms with Gasteiger partial charge in [0.05, 0.1) is 0 Å². The second-order valence-electron chi connectivity index (χ2n) is 11.9. The van der Waals surface area contributed by atoms with Gasteiger partial charge in [-0.15, -0.1) is 0 Å². The van der Waals surface area contributed by atoms with Crippen molar-refractivity contribution in [3.63, 3.8) is 0 Å². The first-order valence-corrected chi connectivity index (χ1v) is 11.2. The first-order chi connectivity index (χ1) is 15.0. The van der Waals surface area contributed by atoms with Crippen LogP contribution in [-0.2, 0) is 9.59 Å². The molecule has 6 nitrogen and oxygen atoms in total. The number of carbonyl (C=O) groups is 2. The number of hydrogen-bond donors (Lipinski definition) is 2. The van der Waals surface area contributed by atoms with Gasteiger partial charge in [-0.1, -0.05) is 41.5 Å². The molecule has 2 amide bonds. The first kappa shape index (κ1) is 27.0. The Morgan fingerprint density at radius 3 is 0.971 bits per heavy atom. The average molecular weight is 502 g/mol. The standard InChI is InChI=1S/C22H32F6N2O4/c1-15(2,3)13(31)29-17(9-7-10-17)20(34,22(26,27)28)30(14(32)16(4,5)6)18(11-8-12-18)19(29,33)21(23,24)25/h33-34H,7-12H2,1-6H3/t19-,20-/m1/s1. The lowest BCUT2D eigenvalue weighted by Gasteiger charge is -2.76. The molecule has 2 saturated carbocycles. The molecule has 0 aromatic heterocycles. The summed E-state index contributed by atoms with van der Waals surface area (Å²) in [5.74, 6) is -2.77. The van der Waals surface area contributed by atoms with E-state index in [1.165, 1.54) is 41.5 Å². The van der Waals surface area contributed by atoms with Gasteiger partial charge in [0.15, 0.2) is 0 Å². The smallest absolute Gasteiger partial charge is 0.362 e. The predicted molar refractivity (Wildman–Crippen MR) is 108 cm³/mol. The van der Waals surface area contributed by atoms with Crippen LogP contribution in [0.2, 0.25) is 0 Å². The van der Waals surface area contributed by atoms with Crippen LogP contribution in [0, 0.1) is 10.8 Å². The highest BCUT2D eigenvalue weighted by molar-refractivity contribution is 5.87. The third-order valence-electron chi connectivity index (χ3n) is 7.64. The summed E-state index contributed by atoms with van der Waals surface area (Å²) >= 11 is 0. The van der Waals surface area contributed by atoms with Gasteiger partial charge < -0.3 is 10.2 Å². The lowest BCUT2D eigenvalue weighted by Crippen LogP contribution is -2.98. The highest BCUT2D eigenvalue weighted by atomic mass is 19.4. The van der Waals surface area contributed by atoms with Crippen molar-refractivity contribution in [2.45, 2.75) is 115 Å². The molecular formula is C22H32F6N2O4. The Hall–Kier alpha value is -1.56. The molecule has 12 heteroatoms. The Balaban J connectivity index is 2.53. The fourth-order valence-corrected chi connectivity index (χ4v) is 5.65. The van der Waals surface area contributed by atoms with E-state index in [9.17, 15) is 46.1 Å². The van der Waals surface area contributed by atoms with E-state index in [0.29, 0.717) is 0 Å². The zero-order valence-electron chi connectivity index (χ0n) is 20.1. The lowest BCUT2D eigenvalue weighted by atomic mass is 9.54. The van der Waals surface area contributed by atoms with Gasteiger partial charge in [-0.05, 0) is 38.5 Å². The van der Waals surface area contributed by atoms with E-state index < -0.39 is 83.2 Å². The summed E-state index contributed by atoms with van der Waals surface area (Å²) in [6.07, 6.45) is -14.0. The lowest BCUT2D eigenvalue weighted by molar-refractivity contribution is -0.474. The van der Waals surface area contributed by atoms with Crippen LogP contribution in [-0.4, -0.2) is 66.7 Å². The van der Waals surface area contributed by atoms with E-state index >= 15 is 0 Å². The number of aliphatic hydroxyl groups is 2. The van der Waals surface area contributed by atoms with Crippen LogP contribution in [0.3, 0.4) is 0 Å². The summed E-state index contributed by atoms with van der Waals surface area (Å²) in [5, 5.41) is 23.1. The van der Waals surface area contributed by atoms with Crippen molar-refractivity contribution in [1.29, 1.82) is 0 Å². The molecule has 1 saturated heterocycles. The molecule has 2 aliphatic carbocycles. The summed E-state index contributed by atoms with van der Waals surface area (Å²) in [4.78, 5) is 26.7. The number of carbonyl (C=O) groups excluding carboxylic acids is 2. The second kappa shape index (κ2) is 7.02. The highest BCUT2D eigenvalue weighted by Gasteiger charge is 2.90. The highest BCUT2D eigenvalue weighted by Crippen LogP contribution is 2.69. The molecule has 1 aliphatic heterocycles. The summed E-state index contributed by atoms with van der Waals surface area (Å²) in [5.41, 5.74) is -17.4. The normalized spacial score (nSPS) is 31.4. The number of nitrogens with zero attached hydrogens (tertiary/aromatic N) is 2. The fraction of sp³-hybridized carbons (Fsp3) is 0.909. The molecule has 1 heterocycles. The van der Waals surface area contributed by atoms with E-state index in [1.807, 2.05) is 0 Å². The number of rotatable bonds is 0. The van der Waals surface area contributed by atoms with Crippen molar-refractivity contribution in [2.75, 3.05) is 0 Å². The second-order valence-corrected chi connectivity index (χ2v) is 11.9. The molecule has 2 N–H and O–H groups in total. The van der Waals surface area contributed by atoms with E-state index in [2.05, 4.69) is 0 Å². The Morgan fingerprint density at radius 2 is 0.853 bits per heavy atom. The summed E-state index contributed by atoms with van der Waals surface area (Å²) < 4.78 is 89.3. The largest absolute Gasteiger partial charge is 0.439 e. The summed E-state index contributed by atoms with van der Waals surface area (Å²) in [6.45, 7) is 7.36. The van der Waals surface area contributed by atoms with Gasteiger partial charge in [0.1, 0.15) is 11.1 Å². The molecule has 2 spiro atoms. The Morgan fingerprint density at radius 1 is 0.618 bits per heavy atom. The minimum absolute atomic E-state index is 0.0369. The molecule has 0 aromatic carbocycles. The van der Waals surface area contributed by atoms with Crippen molar-refractivity contribution in [3.8, 4) is 0 Å². The maximum Gasteiger partial charge on any atom is 0.439 e. The van der Waals surface area contributed by atoms with E-state index in [1.54, 1.807) is 0 Å². The van der Waals surface area contributed by atoms with Crippen LogP contribution in [0.5, 0.6) is 0 Å². The van der Waals surface area contributed by atoms with Crippen LogP contribution >= 0.6 is 0 Å². The zero-order valence-corrected chi connectivity index (χ0v) is 20.1. The topological polar surface area (TPSA) is 81.1 Å². The van der Waals surface area contributed by atoms with Gasteiger partial charge in [-0.2, -0.15) is 26.3 Å². The molecule has 0 aromatic rings. The molecule has 0 unspecified atom stereocenters. The molecule has 2 atom stereocenters. The van der Waals surface area contributed by atoms with Crippen LogP contribution in [0.25, 0.3) is 0 Å². The van der Waals surface area contributed by atoms with Gasteiger partial charge in [-0.3, -0.25) is 19.4 Å². The Kier molecular flexibility index (Phi) is 5.58. The van der Waals surface area contributed by atoms with Gasteiger partial charge in [0, 0.05) is 10.8 Å². The molecule has 196 valence electrons. The quantitative estimate of drug-likeness (QED) is 0.489. The molecule has 3 aliphatic rings. The SMILES string of the molecule is CC(C)(C)C(=O)N1C2(CCC2)[C@@](O)(C(F)(F)F)N(C(=O)C(C)(C)C)C2(CCC2)[C@@]1(O)C(F)(F)F. The maximum atomic E-state index is 14.9.